The van der Waals surface area contributed by atoms with Crippen LogP contribution in [0.4, 0.5) is 0 Å². The summed E-state index contributed by atoms with van der Waals surface area (Å²) >= 11 is 0. The highest BCUT2D eigenvalue weighted by Crippen LogP contribution is 2.27. The molecule has 1 N–H and O–H groups in total. The van der Waals surface area contributed by atoms with E-state index in [4.69, 9.17) is 0 Å². The number of nitrogens with one attached hydrogen (secondary N) is 1. The summed E-state index contributed by atoms with van der Waals surface area (Å²) in [4.78, 5) is 2.55. The Kier molecular flexibility index (Phi) is 5.62. The zero-order valence-electron chi connectivity index (χ0n) is 12.7. The van der Waals surface area contributed by atoms with Crippen molar-refractivity contribution in [3.05, 3.63) is 0 Å². The van der Waals surface area contributed by atoms with Gasteiger partial charge in [-0.05, 0) is 65.1 Å². The fraction of sp³-hybridized carbons (Fsp3) is 0.933. The van der Waals surface area contributed by atoms with Gasteiger partial charge in [0.1, 0.15) is 5.54 Å². The highest BCUT2D eigenvalue weighted by molar-refractivity contribution is 5.04. The number of nitrogens with zero attached hydrogens (tertiary/aromatic N) is 2. The van der Waals surface area contributed by atoms with Gasteiger partial charge in [0, 0.05) is 6.04 Å². The molecule has 3 heteroatoms. The van der Waals surface area contributed by atoms with Gasteiger partial charge in [0.15, 0.2) is 0 Å². The summed E-state index contributed by atoms with van der Waals surface area (Å²) in [5, 5.41) is 12.4. The van der Waals surface area contributed by atoms with Gasteiger partial charge in [0.05, 0.1) is 6.07 Å². The summed E-state index contributed by atoms with van der Waals surface area (Å²) in [5.74, 6) is 1.70. The molecule has 0 aromatic carbocycles. The van der Waals surface area contributed by atoms with Crippen LogP contribution in [0, 0.1) is 23.2 Å². The number of rotatable bonds is 5. The summed E-state index contributed by atoms with van der Waals surface area (Å²) < 4.78 is 0. The molecular formula is C15H29N3. The second-order valence-electron chi connectivity index (χ2n) is 6.36. The lowest BCUT2D eigenvalue weighted by atomic mass is 9.85. The third-order valence-corrected chi connectivity index (χ3v) is 4.64. The van der Waals surface area contributed by atoms with Crippen molar-refractivity contribution in [2.45, 2.75) is 58.5 Å². The minimum absolute atomic E-state index is 0.395. The number of hydrogen-bond donors (Lipinski definition) is 1. The van der Waals surface area contributed by atoms with Crippen molar-refractivity contribution >= 4 is 0 Å². The molecule has 1 heterocycles. The van der Waals surface area contributed by atoms with E-state index in [1.54, 1.807) is 0 Å². The summed E-state index contributed by atoms with van der Waals surface area (Å²) in [5.41, 5.74) is -0.395. The normalized spacial score (nSPS) is 23.6. The molecule has 0 saturated carbocycles. The molecule has 0 aliphatic carbocycles. The van der Waals surface area contributed by atoms with E-state index in [1.807, 2.05) is 14.0 Å². The topological polar surface area (TPSA) is 39.1 Å². The molecule has 0 spiro atoms. The van der Waals surface area contributed by atoms with Crippen LogP contribution in [0.1, 0.15) is 47.0 Å². The van der Waals surface area contributed by atoms with Crippen molar-refractivity contribution in [2.75, 3.05) is 20.1 Å². The van der Waals surface area contributed by atoms with Crippen molar-refractivity contribution in [1.29, 1.82) is 5.26 Å². The second kappa shape index (κ2) is 6.54. The molecule has 2 atom stereocenters. The monoisotopic (exact) mass is 251 g/mol. The summed E-state index contributed by atoms with van der Waals surface area (Å²) in [6.07, 6.45) is 3.52. The number of likely N-dealkylation sites (tertiary alicyclic amines) is 1. The van der Waals surface area contributed by atoms with Gasteiger partial charge in [-0.25, -0.2) is 0 Å². The maximum absolute atomic E-state index is 9.22. The lowest BCUT2D eigenvalue weighted by molar-refractivity contribution is 0.108. The summed E-state index contributed by atoms with van der Waals surface area (Å²) in [7, 11) is 1.88. The molecule has 1 saturated heterocycles. The molecular weight excluding hydrogens is 222 g/mol. The van der Waals surface area contributed by atoms with Crippen LogP contribution in [0.15, 0.2) is 0 Å². The maximum atomic E-state index is 9.22. The zero-order valence-corrected chi connectivity index (χ0v) is 12.7. The van der Waals surface area contributed by atoms with Gasteiger partial charge in [-0.3, -0.25) is 0 Å². The minimum Gasteiger partial charge on any atom is -0.303 e. The van der Waals surface area contributed by atoms with E-state index in [1.165, 1.54) is 25.9 Å². The molecule has 3 nitrogen and oxygen atoms in total. The van der Waals surface area contributed by atoms with Gasteiger partial charge in [-0.1, -0.05) is 13.8 Å². The molecule has 0 aromatic heterocycles. The average Bonchev–Trinajstić information content (AvgIpc) is 2.38. The van der Waals surface area contributed by atoms with Gasteiger partial charge >= 0.3 is 0 Å². The predicted octanol–water partition coefficient (Wildman–Crippen LogP) is 2.63. The number of piperidine rings is 1. The fourth-order valence-electron chi connectivity index (χ4n) is 2.95. The average molecular weight is 251 g/mol. The van der Waals surface area contributed by atoms with Gasteiger partial charge in [0.25, 0.3) is 0 Å². The molecule has 0 amide bonds. The lowest BCUT2D eigenvalue weighted by Crippen LogP contribution is -2.48. The molecule has 2 unspecified atom stereocenters. The van der Waals surface area contributed by atoms with Crippen LogP contribution in [0.2, 0.25) is 0 Å². The van der Waals surface area contributed by atoms with E-state index in [2.05, 4.69) is 37.1 Å². The highest BCUT2D eigenvalue weighted by Gasteiger charge is 2.30. The Hall–Kier alpha value is -0.590. The fourth-order valence-corrected chi connectivity index (χ4v) is 2.95. The lowest BCUT2D eigenvalue weighted by Gasteiger charge is -2.39. The van der Waals surface area contributed by atoms with E-state index in [0.717, 1.165) is 18.3 Å². The Labute approximate surface area is 113 Å². The molecule has 1 aliphatic rings. The van der Waals surface area contributed by atoms with Gasteiger partial charge in [0.2, 0.25) is 0 Å². The van der Waals surface area contributed by atoms with Crippen LogP contribution in [0.5, 0.6) is 0 Å². The predicted molar refractivity (Wildman–Crippen MR) is 76.3 cm³/mol. The van der Waals surface area contributed by atoms with Crippen molar-refractivity contribution in [3.63, 3.8) is 0 Å². The molecule has 0 bridgehead atoms. The summed E-state index contributed by atoms with van der Waals surface area (Å²) in [6, 6.07) is 2.87. The van der Waals surface area contributed by atoms with E-state index in [0.29, 0.717) is 6.04 Å². The highest BCUT2D eigenvalue weighted by atomic mass is 15.2. The first-order valence-electron chi connectivity index (χ1n) is 7.26. The first-order valence-corrected chi connectivity index (χ1v) is 7.26. The van der Waals surface area contributed by atoms with Crippen LogP contribution in [-0.4, -0.2) is 36.6 Å². The molecule has 104 valence electrons. The van der Waals surface area contributed by atoms with E-state index in [-0.39, 0.29) is 0 Å². The second-order valence-corrected chi connectivity index (χ2v) is 6.36. The van der Waals surface area contributed by atoms with Crippen molar-refractivity contribution in [2.24, 2.45) is 11.8 Å². The molecule has 1 fully saturated rings. The van der Waals surface area contributed by atoms with Crippen LogP contribution in [-0.2, 0) is 0 Å². The minimum atomic E-state index is -0.395. The smallest absolute Gasteiger partial charge is 0.105 e. The van der Waals surface area contributed by atoms with Crippen LogP contribution < -0.4 is 5.32 Å². The van der Waals surface area contributed by atoms with Crippen LogP contribution in [0.3, 0.4) is 0 Å². The van der Waals surface area contributed by atoms with Crippen LogP contribution >= 0.6 is 0 Å². The Morgan fingerprint density at radius 3 is 2.28 bits per heavy atom. The Morgan fingerprint density at radius 2 is 1.89 bits per heavy atom. The van der Waals surface area contributed by atoms with Gasteiger partial charge in [-0.2, -0.15) is 5.26 Å². The molecule has 18 heavy (non-hydrogen) atoms. The first kappa shape index (κ1) is 15.5. The third kappa shape index (κ3) is 3.96. The molecule has 1 rings (SSSR count). The van der Waals surface area contributed by atoms with Crippen molar-refractivity contribution in [3.8, 4) is 6.07 Å². The Morgan fingerprint density at radius 1 is 1.33 bits per heavy atom. The molecule has 1 aliphatic heterocycles. The van der Waals surface area contributed by atoms with E-state index >= 15 is 0 Å². The van der Waals surface area contributed by atoms with E-state index in [9.17, 15) is 5.26 Å². The SMILES string of the molecule is CNC(C)(C#N)CC(C)N1CCC(C(C)C)CC1. The molecule has 0 aromatic rings. The maximum Gasteiger partial charge on any atom is 0.105 e. The third-order valence-electron chi connectivity index (χ3n) is 4.64. The number of nitriles is 1. The quantitative estimate of drug-likeness (QED) is 0.816. The van der Waals surface area contributed by atoms with Crippen molar-refractivity contribution in [1.82, 2.24) is 10.2 Å². The Balaban J connectivity index is 2.46. The van der Waals surface area contributed by atoms with Crippen LogP contribution in [0.25, 0.3) is 0 Å². The van der Waals surface area contributed by atoms with E-state index < -0.39 is 5.54 Å². The first-order chi connectivity index (χ1) is 8.41. The zero-order chi connectivity index (χ0) is 13.8. The Bertz CT molecular complexity index is 287. The van der Waals surface area contributed by atoms with Gasteiger partial charge < -0.3 is 10.2 Å². The summed E-state index contributed by atoms with van der Waals surface area (Å²) in [6.45, 7) is 11.3. The number of hydrogen-bond acceptors (Lipinski definition) is 3. The largest absolute Gasteiger partial charge is 0.303 e. The standard InChI is InChI=1S/C15H29N3/c1-12(2)14-6-8-18(9-7-14)13(3)10-15(4,11-16)17-5/h12-14,17H,6-10H2,1-5H3. The molecule has 0 radical (unpaired) electrons. The van der Waals surface area contributed by atoms with Gasteiger partial charge in [-0.15, -0.1) is 0 Å². The van der Waals surface area contributed by atoms with Crippen molar-refractivity contribution < 1.29 is 0 Å².